The van der Waals surface area contributed by atoms with Gasteiger partial charge in [-0.1, -0.05) is 19.9 Å². The van der Waals surface area contributed by atoms with Gasteiger partial charge in [-0.25, -0.2) is 0 Å². The minimum Gasteiger partial charge on any atom is -0.504 e. The van der Waals surface area contributed by atoms with Crippen LogP contribution in [0.2, 0.25) is 0 Å². The van der Waals surface area contributed by atoms with Gasteiger partial charge in [0.15, 0.2) is 11.5 Å². The van der Waals surface area contributed by atoms with Gasteiger partial charge in [-0.15, -0.1) is 0 Å². The fraction of sp³-hybridized carbons (Fsp3) is 0.357. The third kappa shape index (κ3) is 3.63. The highest BCUT2D eigenvalue weighted by Crippen LogP contribution is 2.28. The Kier molecular flexibility index (Phi) is 4.76. The van der Waals surface area contributed by atoms with Crippen molar-refractivity contribution in [3.63, 3.8) is 0 Å². The van der Waals surface area contributed by atoms with Gasteiger partial charge in [-0.05, 0) is 42.2 Å². The fourth-order valence-corrected chi connectivity index (χ4v) is 1.42. The lowest BCUT2D eigenvalue weighted by atomic mass is 10.0. The molecule has 1 aromatic rings. The molecule has 0 aromatic heterocycles. The molecular formula is C14H18O3. The van der Waals surface area contributed by atoms with Crippen molar-refractivity contribution in [3.05, 3.63) is 29.3 Å². The second kappa shape index (κ2) is 6.09. The van der Waals surface area contributed by atoms with Crippen LogP contribution < -0.4 is 4.74 Å². The van der Waals surface area contributed by atoms with Crippen molar-refractivity contribution < 1.29 is 14.6 Å². The van der Waals surface area contributed by atoms with Crippen LogP contribution in [0.5, 0.6) is 11.5 Å². The molecule has 0 aliphatic carbocycles. The summed E-state index contributed by atoms with van der Waals surface area (Å²) >= 11 is 0. The summed E-state index contributed by atoms with van der Waals surface area (Å²) in [6, 6.07) is 5.05. The summed E-state index contributed by atoms with van der Waals surface area (Å²) in [5, 5.41) is 9.55. The lowest BCUT2D eigenvalue weighted by Crippen LogP contribution is -1.95. The van der Waals surface area contributed by atoms with Crippen LogP contribution in [0.15, 0.2) is 23.8 Å². The molecule has 17 heavy (non-hydrogen) atoms. The molecule has 1 aromatic carbocycles. The van der Waals surface area contributed by atoms with Crippen LogP contribution in [0.25, 0.3) is 6.08 Å². The third-order valence-electron chi connectivity index (χ3n) is 2.42. The van der Waals surface area contributed by atoms with E-state index in [0.29, 0.717) is 12.4 Å². The summed E-state index contributed by atoms with van der Waals surface area (Å²) in [7, 11) is 0. The van der Waals surface area contributed by atoms with E-state index in [4.69, 9.17) is 4.74 Å². The summed E-state index contributed by atoms with van der Waals surface area (Å²) < 4.78 is 5.29. The minimum absolute atomic E-state index is 0.112. The Labute approximate surface area is 102 Å². The predicted octanol–water partition coefficient (Wildman–Crippen LogP) is 3.03. The molecule has 0 saturated carbocycles. The van der Waals surface area contributed by atoms with Gasteiger partial charge in [-0.2, -0.15) is 0 Å². The van der Waals surface area contributed by atoms with Gasteiger partial charge in [0.25, 0.3) is 0 Å². The Balaban J connectivity index is 3.06. The number of aldehydes is 1. The molecule has 0 aliphatic rings. The molecule has 0 fully saturated rings. The smallest absolute Gasteiger partial charge is 0.161 e. The van der Waals surface area contributed by atoms with Crippen LogP contribution in [0.4, 0.5) is 0 Å². The summed E-state index contributed by atoms with van der Waals surface area (Å²) in [5.74, 6) is 0.730. The van der Waals surface area contributed by atoms with E-state index in [1.165, 1.54) is 0 Å². The number of phenolic OH excluding ortho intramolecular Hbond substituents is 1. The van der Waals surface area contributed by atoms with E-state index in [0.717, 1.165) is 17.4 Å². The minimum atomic E-state index is 0.112. The zero-order chi connectivity index (χ0) is 12.8. The molecule has 1 rings (SSSR count). The first-order chi connectivity index (χ1) is 8.08. The second-order valence-corrected chi connectivity index (χ2v) is 4.08. The number of ether oxygens (including phenoxy) is 1. The molecule has 1 N–H and O–H groups in total. The van der Waals surface area contributed by atoms with Gasteiger partial charge in [-0.3, -0.25) is 4.79 Å². The fourth-order valence-electron chi connectivity index (χ4n) is 1.42. The van der Waals surface area contributed by atoms with E-state index in [1.807, 2.05) is 20.8 Å². The summed E-state index contributed by atoms with van der Waals surface area (Å²) in [4.78, 5) is 10.9. The molecule has 0 unspecified atom stereocenters. The van der Waals surface area contributed by atoms with Gasteiger partial charge < -0.3 is 9.84 Å². The first-order valence-electron chi connectivity index (χ1n) is 5.71. The second-order valence-electron chi connectivity index (χ2n) is 4.08. The van der Waals surface area contributed by atoms with Crippen molar-refractivity contribution in [2.24, 2.45) is 5.92 Å². The van der Waals surface area contributed by atoms with E-state index < -0.39 is 0 Å². The normalized spacial score (nSPS) is 11.6. The molecule has 0 bridgehead atoms. The van der Waals surface area contributed by atoms with Crippen LogP contribution in [-0.4, -0.2) is 18.0 Å². The van der Waals surface area contributed by atoms with Crippen molar-refractivity contribution >= 4 is 12.4 Å². The van der Waals surface area contributed by atoms with Crippen LogP contribution in [0, 0.1) is 5.92 Å². The molecule has 0 spiro atoms. The topological polar surface area (TPSA) is 46.5 Å². The van der Waals surface area contributed by atoms with Crippen LogP contribution in [0.3, 0.4) is 0 Å². The van der Waals surface area contributed by atoms with Gasteiger partial charge in [0.05, 0.1) is 6.61 Å². The average Bonchev–Trinajstić information content (AvgIpc) is 2.30. The molecule has 0 amide bonds. The molecule has 0 atom stereocenters. The van der Waals surface area contributed by atoms with Crippen molar-refractivity contribution in [2.75, 3.05) is 6.61 Å². The van der Waals surface area contributed by atoms with Crippen LogP contribution in [-0.2, 0) is 4.79 Å². The lowest BCUT2D eigenvalue weighted by Gasteiger charge is -2.08. The van der Waals surface area contributed by atoms with Gasteiger partial charge >= 0.3 is 0 Å². The highest BCUT2D eigenvalue weighted by molar-refractivity contribution is 5.82. The first-order valence-corrected chi connectivity index (χ1v) is 5.71. The lowest BCUT2D eigenvalue weighted by molar-refractivity contribution is -0.105. The zero-order valence-corrected chi connectivity index (χ0v) is 10.4. The molecule has 92 valence electrons. The van der Waals surface area contributed by atoms with E-state index >= 15 is 0 Å². The molecule has 3 nitrogen and oxygen atoms in total. The molecule has 0 aliphatic heterocycles. The first kappa shape index (κ1) is 13.3. The summed E-state index contributed by atoms with van der Waals surface area (Å²) in [6.07, 6.45) is 2.66. The van der Waals surface area contributed by atoms with Gasteiger partial charge in [0.2, 0.25) is 0 Å². The molecule has 0 saturated heterocycles. The largest absolute Gasteiger partial charge is 0.504 e. The number of aromatic hydroxyl groups is 1. The number of carbonyl (C=O) groups is 1. The highest BCUT2D eigenvalue weighted by Gasteiger charge is 2.05. The Morgan fingerprint density at radius 1 is 1.47 bits per heavy atom. The Hall–Kier alpha value is -1.77. The molecule has 0 radical (unpaired) electrons. The standard InChI is InChI=1S/C14H18O3/c1-4-17-14-8-11(5-6-13(14)16)7-12(9-15)10(2)3/h5-10,16H,4H2,1-3H3. The molecule has 0 heterocycles. The Morgan fingerprint density at radius 3 is 2.71 bits per heavy atom. The number of benzene rings is 1. The maximum atomic E-state index is 10.9. The van der Waals surface area contributed by atoms with E-state index in [9.17, 15) is 9.90 Å². The summed E-state index contributed by atoms with van der Waals surface area (Å²) in [6.45, 7) is 6.27. The van der Waals surface area contributed by atoms with E-state index in [-0.39, 0.29) is 11.7 Å². The average molecular weight is 234 g/mol. The quantitative estimate of drug-likeness (QED) is 0.629. The molecular weight excluding hydrogens is 216 g/mol. The van der Waals surface area contributed by atoms with Crippen molar-refractivity contribution in [1.29, 1.82) is 0 Å². The number of hydrogen-bond donors (Lipinski definition) is 1. The van der Waals surface area contributed by atoms with Gasteiger partial charge in [0, 0.05) is 0 Å². The zero-order valence-electron chi connectivity index (χ0n) is 10.4. The van der Waals surface area contributed by atoms with Crippen LogP contribution in [0.1, 0.15) is 26.3 Å². The number of carbonyl (C=O) groups excluding carboxylic acids is 1. The third-order valence-corrected chi connectivity index (χ3v) is 2.42. The number of phenols is 1. The SMILES string of the molecule is CCOc1cc(C=C(C=O)C(C)C)ccc1O. The monoisotopic (exact) mass is 234 g/mol. The van der Waals surface area contributed by atoms with Crippen LogP contribution >= 0.6 is 0 Å². The number of hydrogen-bond acceptors (Lipinski definition) is 3. The Bertz CT molecular complexity index is 419. The number of allylic oxidation sites excluding steroid dienone is 1. The van der Waals surface area contributed by atoms with Gasteiger partial charge in [0.1, 0.15) is 6.29 Å². The maximum Gasteiger partial charge on any atom is 0.161 e. The van der Waals surface area contributed by atoms with E-state index in [1.54, 1.807) is 24.3 Å². The molecule has 3 heteroatoms. The Morgan fingerprint density at radius 2 is 2.18 bits per heavy atom. The maximum absolute atomic E-state index is 10.9. The highest BCUT2D eigenvalue weighted by atomic mass is 16.5. The number of rotatable bonds is 5. The predicted molar refractivity (Wildman–Crippen MR) is 68.2 cm³/mol. The van der Waals surface area contributed by atoms with Crippen molar-refractivity contribution in [1.82, 2.24) is 0 Å². The van der Waals surface area contributed by atoms with E-state index in [2.05, 4.69) is 0 Å². The van der Waals surface area contributed by atoms with Crippen molar-refractivity contribution in [2.45, 2.75) is 20.8 Å². The summed E-state index contributed by atoms with van der Waals surface area (Å²) in [5.41, 5.74) is 1.57. The van der Waals surface area contributed by atoms with Crippen molar-refractivity contribution in [3.8, 4) is 11.5 Å².